The Kier molecular flexibility index (Phi) is 7.67. The first kappa shape index (κ1) is 24.3. The zero-order valence-electron chi connectivity index (χ0n) is 20.3. The number of aromatic amines is 1. The molecule has 0 bridgehead atoms. The highest BCUT2D eigenvalue weighted by Crippen LogP contribution is 2.20. The van der Waals surface area contributed by atoms with Crippen LogP contribution < -0.4 is 5.56 Å². The monoisotopic (exact) mass is 474 g/mol. The van der Waals surface area contributed by atoms with Gasteiger partial charge in [-0.25, -0.2) is 4.68 Å². The van der Waals surface area contributed by atoms with Crippen LogP contribution in [0.15, 0.2) is 53.3 Å². The molecule has 2 aromatic heterocycles. The van der Waals surface area contributed by atoms with E-state index in [1.807, 2.05) is 44.2 Å². The third-order valence-corrected chi connectivity index (χ3v) is 6.03. The minimum Gasteiger partial charge on any atom is -0.465 e. The number of carbonyl (C=O) groups is 1. The SMILES string of the molecule is CCOC(=O)Cn1nnnc1CN(CCc1ccccc1)Cc1cc2c(C)ccc(C)c2[nH]c1=O. The Balaban J connectivity index is 1.61. The van der Waals surface area contributed by atoms with Crippen LogP contribution in [0.3, 0.4) is 0 Å². The number of nitrogens with zero attached hydrogens (tertiary/aromatic N) is 5. The van der Waals surface area contributed by atoms with E-state index in [0.717, 1.165) is 28.5 Å². The first-order valence-corrected chi connectivity index (χ1v) is 11.7. The number of benzene rings is 2. The van der Waals surface area contributed by atoms with Crippen LogP contribution in [-0.4, -0.2) is 49.2 Å². The molecule has 2 heterocycles. The van der Waals surface area contributed by atoms with Gasteiger partial charge in [-0.05, 0) is 60.4 Å². The second kappa shape index (κ2) is 11.1. The van der Waals surface area contributed by atoms with Crippen LogP contribution in [0.1, 0.15) is 35.0 Å². The van der Waals surface area contributed by atoms with Crippen molar-refractivity contribution >= 4 is 16.9 Å². The van der Waals surface area contributed by atoms with E-state index >= 15 is 0 Å². The molecule has 0 aliphatic rings. The van der Waals surface area contributed by atoms with E-state index in [0.29, 0.717) is 37.6 Å². The summed E-state index contributed by atoms with van der Waals surface area (Å²) in [6.45, 7) is 7.50. The molecule has 0 aliphatic heterocycles. The lowest BCUT2D eigenvalue weighted by atomic mass is 10.0. The van der Waals surface area contributed by atoms with E-state index in [-0.39, 0.29) is 12.1 Å². The molecule has 0 saturated carbocycles. The van der Waals surface area contributed by atoms with Crippen molar-refractivity contribution in [3.8, 4) is 0 Å². The molecular formula is C26H30N6O3. The third kappa shape index (κ3) is 5.99. The number of fused-ring (bicyclic) bond motifs is 1. The fourth-order valence-corrected chi connectivity index (χ4v) is 4.11. The topological polar surface area (TPSA) is 106 Å². The summed E-state index contributed by atoms with van der Waals surface area (Å²) in [7, 11) is 0. The molecule has 0 radical (unpaired) electrons. The van der Waals surface area contributed by atoms with Crippen LogP contribution in [0.2, 0.25) is 0 Å². The van der Waals surface area contributed by atoms with Crippen LogP contribution in [0, 0.1) is 13.8 Å². The number of esters is 1. The van der Waals surface area contributed by atoms with Gasteiger partial charge in [-0.2, -0.15) is 0 Å². The molecule has 0 fully saturated rings. The number of hydrogen-bond donors (Lipinski definition) is 1. The van der Waals surface area contributed by atoms with E-state index in [4.69, 9.17) is 4.74 Å². The van der Waals surface area contributed by atoms with Crippen molar-refractivity contribution in [2.75, 3.05) is 13.2 Å². The number of rotatable bonds is 10. The predicted molar refractivity (Wildman–Crippen MR) is 133 cm³/mol. The van der Waals surface area contributed by atoms with E-state index in [1.54, 1.807) is 6.92 Å². The number of tetrazole rings is 1. The van der Waals surface area contributed by atoms with Crippen molar-refractivity contribution in [2.45, 2.75) is 46.8 Å². The molecule has 9 heteroatoms. The molecule has 0 amide bonds. The Labute approximate surface area is 203 Å². The van der Waals surface area contributed by atoms with Crippen LogP contribution in [-0.2, 0) is 35.6 Å². The van der Waals surface area contributed by atoms with Gasteiger partial charge in [0, 0.05) is 24.0 Å². The van der Waals surface area contributed by atoms with Gasteiger partial charge in [0.05, 0.1) is 18.7 Å². The van der Waals surface area contributed by atoms with E-state index in [2.05, 4.69) is 43.6 Å². The van der Waals surface area contributed by atoms with E-state index < -0.39 is 5.97 Å². The highest BCUT2D eigenvalue weighted by atomic mass is 16.5. The maximum absolute atomic E-state index is 13.0. The lowest BCUT2D eigenvalue weighted by molar-refractivity contribution is -0.144. The fraction of sp³-hybridized carbons (Fsp3) is 0.346. The smallest absolute Gasteiger partial charge is 0.327 e. The Hall–Kier alpha value is -3.85. The number of aromatic nitrogens is 5. The number of nitrogens with one attached hydrogen (secondary N) is 1. The number of aryl methyl sites for hydroxylation is 2. The summed E-state index contributed by atoms with van der Waals surface area (Å²) in [5.74, 6) is 0.143. The fourth-order valence-electron chi connectivity index (χ4n) is 4.11. The minimum atomic E-state index is -0.395. The molecule has 1 N–H and O–H groups in total. The minimum absolute atomic E-state index is 0.0578. The molecule has 9 nitrogen and oxygen atoms in total. The van der Waals surface area contributed by atoms with Gasteiger partial charge in [0.15, 0.2) is 5.82 Å². The van der Waals surface area contributed by atoms with Crippen LogP contribution in [0.5, 0.6) is 0 Å². The number of hydrogen-bond acceptors (Lipinski definition) is 7. The summed E-state index contributed by atoms with van der Waals surface area (Å²) in [5.41, 5.74) is 4.77. The Morgan fingerprint density at radius 1 is 1.09 bits per heavy atom. The molecule has 0 unspecified atom stereocenters. The summed E-state index contributed by atoms with van der Waals surface area (Å²) in [5, 5.41) is 12.9. The van der Waals surface area contributed by atoms with Crippen molar-refractivity contribution < 1.29 is 9.53 Å². The molecule has 4 aromatic rings. The normalized spacial score (nSPS) is 11.3. The van der Waals surface area contributed by atoms with E-state index in [1.165, 1.54) is 10.2 Å². The van der Waals surface area contributed by atoms with Gasteiger partial charge in [-0.3, -0.25) is 14.5 Å². The first-order chi connectivity index (χ1) is 16.9. The number of ether oxygens (including phenoxy) is 1. The van der Waals surface area contributed by atoms with Gasteiger partial charge in [0.1, 0.15) is 6.54 Å². The summed E-state index contributed by atoms with van der Waals surface area (Å²) in [6, 6.07) is 16.2. The second-order valence-electron chi connectivity index (χ2n) is 8.62. The molecule has 0 aliphatic carbocycles. The summed E-state index contributed by atoms with van der Waals surface area (Å²) < 4.78 is 6.49. The lowest BCUT2D eigenvalue weighted by Gasteiger charge is -2.22. The summed E-state index contributed by atoms with van der Waals surface area (Å²) in [6.07, 6.45) is 0.796. The van der Waals surface area contributed by atoms with Crippen molar-refractivity contribution in [1.29, 1.82) is 0 Å². The third-order valence-electron chi connectivity index (χ3n) is 6.03. The van der Waals surface area contributed by atoms with Gasteiger partial charge < -0.3 is 9.72 Å². The predicted octanol–water partition coefficient (Wildman–Crippen LogP) is 2.94. The molecule has 182 valence electrons. The Bertz CT molecular complexity index is 1360. The van der Waals surface area contributed by atoms with Gasteiger partial charge in [0.25, 0.3) is 5.56 Å². The zero-order valence-corrected chi connectivity index (χ0v) is 20.3. The van der Waals surface area contributed by atoms with Crippen molar-refractivity contribution in [3.63, 3.8) is 0 Å². The molecule has 0 saturated heterocycles. The van der Waals surface area contributed by atoms with Gasteiger partial charge in [-0.15, -0.1) is 5.10 Å². The van der Waals surface area contributed by atoms with Crippen LogP contribution in [0.4, 0.5) is 0 Å². The highest BCUT2D eigenvalue weighted by Gasteiger charge is 2.17. The van der Waals surface area contributed by atoms with Gasteiger partial charge >= 0.3 is 5.97 Å². The number of pyridine rings is 1. The van der Waals surface area contributed by atoms with E-state index in [9.17, 15) is 9.59 Å². The molecule has 35 heavy (non-hydrogen) atoms. The van der Waals surface area contributed by atoms with Crippen molar-refractivity contribution in [3.05, 3.63) is 87.0 Å². The quantitative estimate of drug-likeness (QED) is 0.352. The second-order valence-corrected chi connectivity index (χ2v) is 8.62. The van der Waals surface area contributed by atoms with Gasteiger partial charge in [0.2, 0.25) is 0 Å². The maximum Gasteiger partial charge on any atom is 0.327 e. The number of H-pyrrole nitrogens is 1. The molecular weight excluding hydrogens is 444 g/mol. The molecule has 0 spiro atoms. The summed E-state index contributed by atoms with van der Waals surface area (Å²) in [4.78, 5) is 30.2. The average molecular weight is 475 g/mol. The lowest BCUT2D eigenvalue weighted by Crippen LogP contribution is -2.30. The molecule has 2 aromatic carbocycles. The van der Waals surface area contributed by atoms with Crippen LogP contribution >= 0.6 is 0 Å². The summed E-state index contributed by atoms with van der Waals surface area (Å²) >= 11 is 0. The standard InChI is InChI=1S/C26H30N6O3/c1-4-35-24(33)17-32-23(28-29-30-32)16-31(13-12-20-8-6-5-7-9-20)15-21-14-22-18(2)10-11-19(3)25(22)27-26(21)34/h5-11,14H,4,12-13,15-17H2,1-3H3,(H,27,34). The number of carbonyl (C=O) groups excluding carboxylic acids is 1. The van der Waals surface area contributed by atoms with Crippen molar-refractivity contribution in [2.24, 2.45) is 0 Å². The average Bonchev–Trinajstić information content (AvgIpc) is 3.27. The Morgan fingerprint density at radius 2 is 1.86 bits per heavy atom. The van der Waals surface area contributed by atoms with Crippen molar-refractivity contribution in [1.82, 2.24) is 30.1 Å². The van der Waals surface area contributed by atoms with Gasteiger partial charge in [-0.1, -0.05) is 42.5 Å². The van der Waals surface area contributed by atoms with Crippen LogP contribution in [0.25, 0.3) is 10.9 Å². The molecule has 0 atom stereocenters. The Morgan fingerprint density at radius 3 is 2.63 bits per heavy atom. The first-order valence-electron chi connectivity index (χ1n) is 11.7. The zero-order chi connectivity index (χ0) is 24.8. The maximum atomic E-state index is 13.0. The largest absolute Gasteiger partial charge is 0.465 e. The molecule has 4 rings (SSSR count). The highest BCUT2D eigenvalue weighted by molar-refractivity contribution is 5.85.